The van der Waals surface area contributed by atoms with Crippen molar-refractivity contribution in [3.05, 3.63) is 60.2 Å². The number of hydrogen-bond acceptors (Lipinski definition) is 2. The Morgan fingerprint density at radius 1 is 0.952 bits per heavy atom. The Balaban J connectivity index is 0. The van der Waals surface area contributed by atoms with Crippen molar-refractivity contribution >= 4 is 5.97 Å². The molecular formula is C15H16FNaO4. The molecule has 0 heterocycles. The van der Waals surface area contributed by atoms with Crippen LogP contribution >= 0.6 is 0 Å². The van der Waals surface area contributed by atoms with Gasteiger partial charge in [0.1, 0.15) is 0 Å². The maximum atomic E-state index is 13.8. The van der Waals surface area contributed by atoms with Gasteiger partial charge in [0.15, 0.2) is 5.67 Å². The number of benzene rings is 2. The number of alkyl halides is 1. The zero-order valence-electron chi connectivity index (χ0n) is 11.9. The molecule has 108 valence electrons. The molecule has 0 saturated carbocycles. The van der Waals surface area contributed by atoms with E-state index >= 15 is 0 Å². The summed E-state index contributed by atoms with van der Waals surface area (Å²) in [6.07, 6.45) is 0. The molecule has 0 aliphatic heterocycles. The Morgan fingerprint density at radius 3 is 1.81 bits per heavy atom. The van der Waals surface area contributed by atoms with Crippen LogP contribution in [0.2, 0.25) is 0 Å². The zero-order chi connectivity index (χ0) is 13.2. The summed E-state index contributed by atoms with van der Waals surface area (Å²) >= 11 is 0. The number of rotatable bonds is 3. The molecule has 0 radical (unpaired) electrons. The first-order valence-electron chi connectivity index (χ1n) is 5.58. The van der Waals surface area contributed by atoms with Crippen LogP contribution < -0.4 is 34.7 Å². The fraction of sp³-hybridized carbons (Fsp3) is 0.133. The minimum atomic E-state index is -2.46. The summed E-state index contributed by atoms with van der Waals surface area (Å²) in [6.45, 7) is 0.986. The third kappa shape index (κ3) is 4.91. The van der Waals surface area contributed by atoms with E-state index in [1.165, 1.54) is 12.1 Å². The number of halogens is 1. The van der Waals surface area contributed by atoms with Crippen LogP contribution in [0.3, 0.4) is 0 Å². The molecule has 2 rings (SSSR count). The van der Waals surface area contributed by atoms with Gasteiger partial charge in [0, 0.05) is 0 Å². The van der Waals surface area contributed by atoms with Crippen molar-refractivity contribution < 1.29 is 54.8 Å². The van der Waals surface area contributed by atoms with Crippen LogP contribution in [0.25, 0.3) is 11.1 Å². The summed E-state index contributed by atoms with van der Waals surface area (Å²) in [6, 6.07) is 15.9. The molecule has 0 aliphatic carbocycles. The first-order valence-corrected chi connectivity index (χ1v) is 5.58. The van der Waals surface area contributed by atoms with Crippen LogP contribution in [0.4, 0.5) is 4.39 Å². The average molecular weight is 302 g/mol. The summed E-state index contributed by atoms with van der Waals surface area (Å²) in [4.78, 5) is 10.7. The van der Waals surface area contributed by atoms with Crippen LogP contribution in [0, 0.1) is 0 Å². The maximum Gasteiger partial charge on any atom is 1.00 e. The number of hydrogen-bond donors (Lipinski definition) is 0. The van der Waals surface area contributed by atoms with E-state index in [4.69, 9.17) is 0 Å². The smallest absolute Gasteiger partial charge is 0.546 e. The van der Waals surface area contributed by atoms with E-state index < -0.39 is 11.6 Å². The third-order valence-corrected chi connectivity index (χ3v) is 2.92. The molecule has 0 aliphatic rings. The van der Waals surface area contributed by atoms with E-state index in [1.54, 1.807) is 12.1 Å². The summed E-state index contributed by atoms with van der Waals surface area (Å²) in [7, 11) is 0. The Hall–Kier alpha value is -1.24. The fourth-order valence-corrected chi connectivity index (χ4v) is 1.72. The molecule has 0 aromatic heterocycles. The second kappa shape index (κ2) is 8.92. The zero-order valence-corrected chi connectivity index (χ0v) is 13.9. The van der Waals surface area contributed by atoms with Gasteiger partial charge in [-0.25, -0.2) is 4.39 Å². The van der Waals surface area contributed by atoms with Gasteiger partial charge in [-0.2, -0.15) is 0 Å². The molecule has 1 atom stereocenters. The molecule has 4 nitrogen and oxygen atoms in total. The molecule has 0 fully saturated rings. The van der Waals surface area contributed by atoms with Crippen LogP contribution in [-0.2, 0) is 10.5 Å². The van der Waals surface area contributed by atoms with Gasteiger partial charge in [-0.15, -0.1) is 0 Å². The molecule has 0 spiro atoms. The molecule has 0 amide bonds. The van der Waals surface area contributed by atoms with Gasteiger partial charge in [0.25, 0.3) is 0 Å². The molecule has 2 aromatic carbocycles. The normalized spacial score (nSPS) is 11.9. The van der Waals surface area contributed by atoms with Gasteiger partial charge in [0.2, 0.25) is 0 Å². The van der Waals surface area contributed by atoms with Gasteiger partial charge in [-0.3, -0.25) is 0 Å². The molecule has 21 heavy (non-hydrogen) atoms. The Morgan fingerprint density at radius 2 is 1.38 bits per heavy atom. The largest absolute Gasteiger partial charge is 1.00 e. The minimum absolute atomic E-state index is 0. The van der Waals surface area contributed by atoms with Gasteiger partial charge in [-0.1, -0.05) is 54.6 Å². The van der Waals surface area contributed by atoms with Gasteiger partial charge in [0.05, 0.1) is 5.97 Å². The van der Waals surface area contributed by atoms with Gasteiger partial charge in [-0.05, 0) is 23.6 Å². The van der Waals surface area contributed by atoms with Crippen molar-refractivity contribution in [3.63, 3.8) is 0 Å². The van der Waals surface area contributed by atoms with E-state index in [-0.39, 0.29) is 46.1 Å². The second-order valence-corrected chi connectivity index (χ2v) is 4.23. The van der Waals surface area contributed by atoms with E-state index in [9.17, 15) is 14.3 Å². The van der Waals surface area contributed by atoms with Crippen molar-refractivity contribution in [2.45, 2.75) is 12.6 Å². The summed E-state index contributed by atoms with van der Waals surface area (Å²) in [5, 5.41) is 10.7. The van der Waals surface area contributed by atoms with E-state index in [0.717, 1.165) is 18.1 Å². The van der Waals surface area contributed by atoms with E-state index in [1.807, 2.05) is 30.3 Å². The molecule has 0 bridgehead atoms. The number of carbonyl (C=O) groups is 1. The number of carboxylic acids is 1. The van der Waals surface area contributed by atoms with Crippen molar-refractivity contribution in [1.29, 1.82) is 0 Å². The third-order valence-electron chi connectivity index (χ3n) is 2.92. The summed E-state index contributed by atoms with van der Waals surface area (Å²) in [5.74, 6) is -1.73. The molecule has 1 unspecified atom stereocenters. The number of aliphatic carboxylic acids is 1. The topological polar surface area (TPSA) is 103 Å². The molecular weight excluding hydrogens is 286 g/mol. The maximum absolute atomic E-state index is 13.8. The predicted molar refractivity (Wildman–Crippen MR) is 72.6 cm³/mol. The fourth-order valence-electron chi connectivity index (χ4n) is 1.72. The first-order chi connectivity index (χ1) is 8.51. The second-order valence-electron chi connectivity index (χ2n) is 4.23. The van der Waals surface area contributed by atoms with Gasteiger partial charge >= 0.3 is 29.6 Å². The van der Waals surface area contributed by atoms with E-state index in [0.29, 0.717) is 0 Å². The summed E-state index contributed by atoms with van der Waals surface area (Å²) < 4.78 is 13.8. The minimum Gasteiger partial charge on any atom is -0.546 e. The summed E-state index contributed by atoms with van der Waals surface area (Å²) in [5.41, 5.74) is -0.469. The van der Waals surface area contributed by atoms with Gasteiger partial charge < -0.3 is 20.9 Å². The molecule has 0 saturated heterocycles. The standard InChI is InChI=1S/C15H13FO2.Na.2H2O/c1-15(16,14(17)18)13-9-7-12(8-10-13)11-5-3-2-4-6-11;;;/h2-10H,1H3,(H,17,18);;2*1H2/q;+1;;/p-1. The molecule has 2 aromatic rings. The molecule has 4 N–H and O–H groups in total. The Kier molecular flexibility index (Phi) is 9.36. The average Bonchev–Trinajstić information content (AvgIpc) is 2.40. The van der Waals surface area contributed by atoms with Crippen LogP contribution in [0.5, 0.6) is 0 Å². The SMILES string of the molecule is CC(F)(C(=O)[O-])c1ccc(-c2ccccc2)cc1.O.O.[Na+]. The van der Waals surface area contributed by atoms with Crippen molar-refractivity contribution in [1.82, 2.24) is 0 Å². The van der Waals surface area contributed by atoms with Crippen molar-refractivity contribution in [3.8, 4) is 11.1 Å². The monoisotopic (exact) mass is 302 g/mol. The number of carbonyl (C=O) groups excluding carboxylic acids is 1. The number of carboxylic acid groups (broad SMARTS) is 1. The first kappa shape index (κ1) is 22.0. The van der Waals surface area contributed by atoms with Crippen LogP contribution in [0.1, 0.15) is 12.5 Å². The molecule has 6 heteroatoms. The quantitative estimate of drug-likeness (QED) is 0.592. The van der Waals surface area contributed by atoms with Crippen LogP contribution in [0.15, 0.2) is 54.6 Å². The Bertz CT molecular complexity index is 556. The van der Waals surface area contributed by atoms with Crippen LogP contribution in [-0.4, -0.2) is 16.9 Å². The van der Waals surface area contributed by atoms with Crippen molar-refractivity contribution in [2.75, 3.05) is 0 Å². The van der Waals surface area contributed by atoms with Crippen molar-refractivity contribution in [2.24, 2.45) is 0 Å². The van der Waals surface area contributed by atoms with E-state index in [2.05, 4.69) is 0 Å². The Labute approximate surface area is 144 Å². The predicted octanol–water partition coefficient (Wildman–Crippen LogP) is -2.36.